The van der Waals surface area contributed by atoms with Gasteiger partial charge in [-0.25, -0.2) is 0 Å². The molecule has 0 heteroatoms. The first-order valence-electron chi connectivity index (χ1n) is 7.72. The highest BCUT2D eigenvalue weighted by molar-refractivity contribution is 5.11. The van der Waals surface area contributed by atoms with E-state index in [2.05, 4.69) is 32.9 Å². The lowest BCUT2D eigenvalue weighted by molar-refractivity contribution is 0.279. The highest BCUT2D eigenvalue weighted by Gasteiger charge is 2.15. The molecule has 0 N–H and O–H groups in total. The van der Waals surface area contributed by atoms with Crippen molar-refractivity contribution in [1.82, 2.24) is 0 Å². The summed E-state index contributed by atoms with van der Waals surface area (Å²) in [4.78, 5) is 0. The zero-order chi connectivity index (χ0) is 13.8. The van der Waals surface area contributed by atoms with Crippen molar-refractivity contribution in [3.63, 3.8) is 0 Å². The summed E-state index contributed by atoms with van der Waals surface area (Å²) in [7, 11) is 0. The topological polar surface area (TPSA) is 0 Å². The van der Waals surface area contributed by atoms with Gasteiger partial charge in [-0.2, -0.15) is 0 Å². The van der Waals surface area contributed by atoms with Gasteiger partial charge >= 0.3 is 0 Å². The quantitative estimate of drug-likeness (QED) is 0.499. The molecule has 0 amide bonds. The van der Waals surface area contributed by atoms with Crippen LogP contribution in [0.25, 0.3) is 0 Å². The predicted molar refractivity (Wildman–Crippen MR) is 97.4 cm³/mol. The van der Waals surface area contributed by atoms with Crippen LogP contribution in [0.1, 0.15) is 80.2 Å². The molecule has 20 heavy (non-hydrogen) atoms. The maximum atomic E-state index is 2.36. The molecule has 1 aliphatic carbocycles. The molecular weight excluding hydrogens is 240 g/mol. The van der Waals surface area contributed by atoms with E-state index in [9.17, 15) is 0 Å². The van der Waals surface area contributed by atoms with Crippen LogP contribution in [0.4, 0.5) is 0 Å². The van der Waals surface area contributed by atoms with Gasteiger partial charge in [-0.3, -0.25) is 0 Å². The second-order valence-electron chi connectivity index (χ2n) is 5.30. The van der Waals surface area contributed by atoms with Gasteiger partial charge < -0.3 is 0 Å². The summed E-state index contributed by atoms with van der Waals surface area (Å²) in [5.41, 5.74) is 1.32. The molecule has 0 saturated heterocycles. The maximum Gasteiger partial charge on any atom is -0.0391 e. The average molecular weight is 281 g/mol. The second kappa shape index (κ2) is 16.3. The van der Waals surface area contributed by atoms with E-state index in [0.29, 0.717) is 0 Å². The van der Waals surface area contributed by atoms with Crippen LogP contribution in [0, 0.1) is 18.8 Å². The molecule has 0 radical (unpaired) electrons. The van der Waals surface area contributed by atoms with Gasteiger partial charge in [-0.1, -0.05) is 111 Å². The SMILES string of the molecule is C.C.CC.CC(C)C1CCCCC1.Cc1ccccc1. The van der Waals surface area contributed by atoms with Crippen LogP contribution in [-0.4, -0.2) is 0 Å². The fraction of sp³-hybridized carbons (Fsp3) is 0.700. The number of hydrogen-bond acceptors (Lipinski definition) is 0. The minimum atomic E-state index is 0. The predicted octanol–water partition coefficient (Wildman–Crippen LogP) is 7.52. The van der Waals surface area contributed by atoms with Crippen LogP contribution < -0.4 is 0 Å². The number of aryl methyl sites for hydroxylation is 1. The van der Waals surface area contributed by atoms with Crippen LogP contribution in [0.5, 0.6) is 0 Å². The van der Waals surface area contributed by atoms with E-state index in [-0.39, 0.29) is 14.9 Å². The lowest BCUT2D eigenvalue weighted by atomic mass is 9.82. The van der Waals surface area contributed by atoms with Gasteiger partial charge in [0.1, 0.15) is 0 Å². The Balaban J connectivity index is -0.000000240. The van der Waals surface area contributed by atoms with Crippen LogP contribution in [0.15, 0.2) is 30.3 Å². The molecule has 1 fully saturated rings. The standard InChI is InChI=1S/C9H18.C7H8.C2H6.2CH4/c1-8(2)9-6-4-3-5-7-9;1-7-5-3-2-4-6-7;1-2;;/h8-9H,3-7H2,1-2H3;2-6H,1H3;1-2H3;2*1H4. The Hall–Kier alpha value is -0.780. The van der Waals surface area contributed by atoms with E-state index in [0.717, 1.165) is 11.8 Å². The smallest absolute Gasteiger partial charge is 0.0391 e. The lowest BCUT2D eigenvalue weighted by Gasteiger charge is -2.24. The summed E-state index contributed by atoms with van der Waals surface area (Å²) in [6.45, 7) is 10.8. The van der Waals surface area contributed by atoms with E-state index in [1.165, 1.54) is 37.7 Å². The fourth-order valence-electron chi connectivity index (χ4n) is 2.34. The van der Waals surface area contributed by atoms with Gasteiger partial charge in [-0.05, 0) is 18.8 Å². The summed E-state index contributed by atoms with van der Waals surface area (Å²) in [5, 5.41) is 0. The maximum absolute atomic E-state index is 2.36. The van der Waals surface area contributed by atoms with Gasteiger partial charge in [0.15, 0.2) is 0 Å². The Labute approximate surface area is 130 Å². The van der Waals surface area contributed by atoms with Crippen LogP contribution in [0.3, 0.4) is 0 Å². The summed E-state index contributed by atoms with van der Waals surface area (Å²) >= 11 is 0. The molecule has 0 bridgehead atoms. The van der Waals surface area contributed by atoms with E-state index >= 15 is 0 Å². The minimum absolute atomic E-state index is 0. The Morgan fingerprint density at radius 1 is 0.850 bits per heavy atom. The Morgan fingerprint density at radius 3 is 1.55 bits per heavy atom. The fourth-order valence-corrected chi connectivity index (χ4v) is 2.34. The largest absolute Gasteiger partial charge is 0.0776 e. The third-order valence-electron chi connectivity index (χ3n) is 3.53. The Morgan fingerprint density at radius 2 is 1.30 bits per heavy atom. The Kier molecular flexibility index (Phi) is 19.7. The van der Waals surface area contributed by atoms with Gasteiger partial charge in [0.05, 0.1) is 0 Å². The van der Waals surface area contributed by atoms with E-state index in [1.807, 2.05) is 32.0 Å². The number of benzene rings is 1. The normalized spacial score (nSPS) is 13.7. The third-order valence-corrected chi connectivity index (χ3v) is 3.53. The van der Waals surface area contributed by atoms with Crippen molar-refractivity contribution in [2.75, 3.05) is 0 Å². The first-order chi connectivity index (χ1) is 8.70. The lowest BCUT2D eigenvalue weighted by Crippen LogP contribution is -2.12. The van der Waals surface area contributed by atoms with Crippen molar-refractivity contribution >= 4 is 0 Å². The van der Waals surface area contributed by atoms with Crippen molar-refractivity contribution in [3.05, 3.63) is 35.9 Å². The van der Waals surface area contributed by atoms with Gasteiger partial charge in [0, 0.05) is 0 Å². The molecule has 120 valence electrons. The molecule has 0 nitrogen and oxygen atoms in total. The van der Waals surface area contributed by atoms with Gasteiger partial charge in [0.2, 0.25) is 0 Å². The highest BCUT2D eigenvalue weighted by atomic mass is 14.2. The molecule has 2 rings (SSSR count). The summed E-state index contributed by atoms with van der Waals surface area (Å²) < 4.78 is 0. The van der Waals surface area contributed by atoms with Crippen molar-refractivity contribution in [2.45, 2.75) is 81.6 Å². The van der Waals surface area contributed by atoms with Crippen molar-refractivity contribution in [1.29, 1.82) is 0 Å². The molecule has 1 saturated carbocycles. The summed E-state index contributed by atoms with van der Waals surface area (Å²) in [5.74, 6) is 1.99. The average Bonchev–Trinajstić information content (AvgIpc) is 2.43. The van der Waals surface area contributed by atoms with Crippen molar-refractivity contribution in [2.24, 2.45) is 11.8 Å². The molecule has 1 aliphatic rings. The van der Waals surface area contributed by atoms with E-state index in [1.54, 1.807) is 0 Å². The molecule has 0 unspecified atom stereocenters. The highest BCUT2D eigenvalue weighted by Crippen LogP contribution is 2.29. The third kappa shape index (κ3) is 12.3. The van der Waals surface area contributed by atoms with Crippen LogP contribution in [0.2, 0.25) is 0 Å². The van der Waals surface area contributed by atoms with E-state index < -0.39 is 0 Å². The zero-order valence-electron chi connectivity index (χ0n) is 13.1. The molecule has 1 aromatic rings. The molecule has 0 aliphatic heterocycles. The summed E-state index contributed by atoms with van der Waals surface area (Å²) in [6.07, 6.45) is 7.46. The molecule has 0 aromatic heterocycles. The molecule has 1 aromatic carbocycles. The zero-order valence-corrected chi connectivity index (χ0v) is 13.1. The van der Waals surface area contributed by atoms with Crippen molar-refractivity contribution in [3.8, 4) is 0 Å². The molecular formula is C20H40. The van der Waals surface area contributed by atoms with E-state index in [4.69, 9.17) is 0 Å². The van der Waals surface area contributed by atoms with Gasteiger partial charge in [-0.15, -0.1) is 0 Å². The molecule has 0 heterocycles. The van der Waals surface area contributed by atoms with Crippen molar-refractivity contribution < 1.29 is 0 Å². The second-order valence-corrected chi connectivity index (χ2v) is 5.30. The monoisotopic (exact) mass is 280 g/mol. The first kappa shape index (κ1) is 24.3. The number of rotatable bonds is 1. The summed E-state index contributed by atoms with van der Waals surface area (Å²) in [6, 6.07) is 10.3. The minimum Gasteiger partial charge on any atom is -0.0776 e. The first-order valence-corrected chi connectivity index (χ1v) is 7.72. The Bertz CT molecular complexity index is 255. The number of hydrogen-bond donors (Lipinski definition) is 0. The molecule has 0 spiro atoms. The van der Waals surface area contributed by atoms with Crippen LogP contribution >= 0.6 is 0 Å². The van der Waals surface area contributed by atoms with Crippen LogP contribution in [-0.2, 0) is 0 Å². The van der Waals surface area contributed by atoms with Gasteiger partial charge in [0.25, 0.3) is 0 Å². The molecule has 0 atom stereocenters.